The van der Waals surface area contributed by atoms with E-state index in [4.69, 9.17) is 4.74 Å². The van der Waals surface area contributed by atoms with Crippen molar-refractivity contribution >= 4 is 22.4 Å². The lowest BCUT2D eigenvalue weighted by atomic mass is 10.2. The number of hydrogen-bond donors (Lipinski definition) is 2. The molecule has 0 bridgehead atoms. The number of aromatic nitrogens is 1. The van der Waals surface area contributed by atoms with Crippen molar-refractivity contribution in [1.82, 2.24) is 4.98 Å². The Morgan fingerprint density at radius 1 is 1.45 bits per heavy atom. The second kappa shape index (κ2) is 5.13. The lowest BCUT2D eigenvalue weighted by molar-refractivity contribution is 0.102. The summed E-state index contributed by atoms with van der Waals surface area (Å²) in [5, 5.41) is 13.2. The fourth-order valence-corrected chi connectivity index (χ4v) is 3.28. The van der Waals surface area contributed by atoms with Gasteiger partial charge >= 0.3 is 0 Å². The summed E-state index contributed by atoms with van der Waals surface area (Å²) in [6.07, 6.45) is 3.16. The molecule has 6 heteroatoms. The van der Waals surface area contributed by atoms with Gasteiger partial charge in [-0.1, -0.05) is 0 Å². The van der Waals surface area contributed by atoms with E-state index in [-0.39, 0.29) is 17.2 Å². The molecule has 1 aliphatic carbocycles. The molecule has 0 unspecified atom stereocenters. The molecule has 1 amide bonds. The predicted octanol–water partition coefficient (Wildman–Crippen LogP) is 2.60. The van der Waals surface area contributed by atoms with E-state index in [1.807, 2.05) is 0 Å². The Labute approximate surface area is 120 Å². The summed E-state index contributed by atoms with van der Waals surface area (Å²) < 4.78 is 4.99. The van der Waals surface area contributed by atoms with Gasteiger partial charge in [0, 0.05) is 10.9 Å². The van der Waals surface area contributed by atoms with Crippen molar-refractivity contribution in [1.29, 1.82) is 0 Å². The topological polar surface area (TPSA) is 71.5 Å². The SMILES string of the molecule is COc1ccc(C(=O)Nc2nc3c(s2)CCC3)c(O)c1. The normalized spacial score (nSPS) is 13.1. The Bertz CT molecular complexity index is 645. The number of thiazole rings is 1. The Morgan fingerprint density at radius 2 is 2.30 bits per heavy atom. The molecule has 2 N–H and O–H groups in total. The number of ether oxygens (including phenoxy) is 1. The Balaban J connectivity index is 1.78. The van der Waals surface area contributed by atoms with Crippen molar-refractivity contribution in [3.63, 3.8) is 0 Å². The minimum Gasteiger partial charge on any atom is -0.507 e. The van der Waals surface area contributed by atoms with Crippen LogP contribution in [0.5, 0.6) is 11.5 Å². The minimum absolute atomic E-state index is 0.106. The van der Waals surface area contributed by atoms with E-state index in [0.29, 0.717) is 10.9 Å². The van der Waals surface area contributed by atoms with Gasteiger partial charge in [-0.25, -0.2) is 4.98 Å². The lowest BCUT2D eigenvalue weighted by Gasteiger charge is -2.06. The second-order valence-electron chi connectivity index (χ2n) is 4.58. The van der Waals surface area contributed by atoms with Crippen LogP contribution in [0.25, 0.3) is 0 Å². The molecule has 5 nitrogen and oxygen atoms in total. The monoisotopic (exact) mass is 290 g/mol. The van der Waals surface area contributed by atoms with Crippen LogP contribution in [0.3, 0.4) is 0 Å². The molecular formula is C14H14N2O3S. The first kappa shape index (κ1) is 12.9. The van der Waals surface area contributed by atoms with Crippen LogP contribution >= 0.6 is 11.3 Å². The summed E-state index contributed by atoms with van der Waals surface area (Å²) >= 11 is 1.51. The van der Waals surface area contributed by atoms with Gasteiger partial charge in [0.1, 0.15) is 11.5 Å². The number of nitrogens with zero attached hydrogens (tertiary/aromatic N) is 1. The summed E-state index contributed by atoms with van der Waals surface area (Å²) in [7, 11) is 1.51. The zero-order valence-electron chi connectivity index (χ0n) is 11.0. The maximum atomic E-state index is 12.1. The first-order chi connectivity index (χ1) is 9.67. The highest BCUT2D eigenvalue weighted by Gasteiger charge is 2.19. The van der Waals surface area contributed by atoms with Gasteiger partial charge < -0.3 is 9.84 Å². The third kappa shape index (κ3) is 2.34. The van der Waals surface area contributed by atoms with Crippen molar-refractivity contribution in [3.05, 3.63) is 34.3 Å². The van der Waals surface area contributed by atoms with Crippen LogP contribution < -0.4 is 10.1 Å². The number of amides is 1. The Hall–Kier alpha value is -2.08. The van der Waals surface area contributed by atoms with E-state index in [1.54, 1.807) is 6.07 Å². The van der Waals surface area contributed by atoms with Gasteiger partial charge in [0.05, 0.1) is 18.4 Å². The van der Waals surface area contributed by atoms with Crippen LogP contribution in [-0.4, -0.2) is 23.1 Å². The number of benzene rings is 1. The van der Waals surface area contributed by atoms with Gasteiger partial charge in [0.2, 0.25) is 0 Å². The molecule has 0 fully saturated rings. The fourth-order valence-electron chi connectivity index (χ4n) is 2.24. The lowest BCUT2D eigenvalue weighted by Crippen LogP contribution is -2.12. The molecular weight excluding hydrogens is 276 g/mol. The van der Waals surface area contributed by atoms with Gasteiger partial charge in [-0.3, -0.25) is 10.1 Å². The summed E-state index contributed by atoms with van der Waals surface area (Å²) in [6.45, 7) is 0. The van der Waals surface area contributed by atoms with Crippen molar-refractivity contribution in [2.24, 2.45) is 0 Å². The average molecular weight is 290 g/mol. The van der Waals surface area contributed by atoms with Gasteiger partial charge in [-0.05, 0) is 31.4 Å². The van der Waals surface area contributed by atoms with Crippen LogP contribution in [0.4, 0.5) is 5.13 Å². The summed E-state index contributed by atoms with van der Waals surface area (Å²) in [4.78, 5) is 17.8. The fraction of sp³-hybridized carbons (Fsp3) is 0.286. The summed E-state index contributed by atoms with van der Waals surface area (Å²) in [5.74, 6) is 0.0378. The molecule has 3 rings (SSSR count). The van der Waals surface area contributed by atoms with E-state index < -0.39 is 0 Å². The van der Waals surface area contributed by atoms with Gasteiger partial charge in [0.15, 0.2) is 5.13 Å². The zero-order chi connectivity index (χ0) is 14.1. The maximum absolute atomic E-state index is 12.1. The highest BCUT2D eigenvalue weighted by Crippen LogP contribution is 2.31. The molecule has 0 saturated carbocycles. The van der Waals surface area contributed by atoms with E-state index in [1.165, 1.54) is 35.5 Å². The van der Waals surface area contributed by atoms with E-state index in [0.717, 1.165) is 25.0 Å². The molecule has 104 valence electrons. The highest BCUT2D eigenvalue weighted by atomic mass is 32.1. The Kier molecular flexibility index (Phi) is 3.31. The number of carbonyl (C=O) groups is 1. The van der Waals surface area contributed by atoms with Crippen LogP contribution in [-0.2, 0) is 12.8 Å². The second-order valence-corrected chi connectivity index (χ2v) is 5.66. The molecule has 2 aromatic rings. The molecule has 0 atom stereocenters. The molecule has 0 spiro atoms. The van der Waals surface area contributed by atoms with Crippen molar-refractivity contribution in [2.45, 2.75) is 19.3 Å². The van der Waals surface area contributed by atoms with Crippen molar-refractivity contribution in [2.75, 3.05) is 12.4 Å². The number of methoxy groups -OCH3 is 1. The summed E-state index contributed by atoms with van der Waals surface area (Å²) in [6, 6.07) is 4.58. The molecule has 1 heterocycles. The first-order valence-electron chi connectivity index (χ1n) is 6.34. The quantitative estimate of drug-likeness (QED) is 0.911. The smallest absolute Gasteiger partial charge is 0.261 e. The largest absolute Gasteiger partial charge is 0.507 e. The number of rotatable bonds is 3. The molecule has 1 aliphatic rings. The number of phenolic OH excluding ortho intramolecular Hbond substituents is 1. The predicted molar refractivity (Wildman–Crippen MR) is 76.8 cm³/mol. The molecule has 1 aromatic heterocycles. The number of fused-ring (bicyclic) bond motifs is 1. The Morgan fingerprint density at radius 3 is 3.00 bits per heavy atom. The van der Waals surface area contributed by atoms with E-state index in [2.05, 4.69) is 10.3 Å². The van der Waals surface area contributed by atoms with Gasteiger partial charge in [-0.15, -0.1) is 11.3 Å². The molecule has 0 aliphatic heterocycles. The van der Waals surface area contributed by atoms with Crippen molar-refractivity contribution in [3.8, 4) is 11.5 Å². The van der Waals surface area contributed by atoms with Crippen LogP contribution in [0, 0.1) is 0 Å². The van der Waals surface area contributed by atoms with Crippen LogP contribution in [0.2, 0.25) is 0 Å². The molecule has 1 aromatic carbocycles. The molecule has 0 radical (unpaired) electrons. The highest BCUT2D eigenvalue weighted by molar-refractivity contribution is 7.16. The first-order valence-corrected chi connectivity index (χ1v) is 7.16. The number of hydrogen-bond acceptors (Lipinski definition) is 5. The third-order valence-electron chi connectivity index (χ3n) is 3.27. The van der Waals surface area contributed by atoms with Crippen LogP contribution in [0.15, 0.2) is 18.2 Å². The number of aryl methyl sites for hydroxylation is 2. The van der Waals surface area contributed by atoms with Gasteiger partial charge in [0.25, 0.3) is 5.91 Å². The number of aromatic hydroxyl groups is 1. The average Bonchev–Trinajstić information content (AvgIpc) is 2.99. The zero-order valence-corrected chi connectivity index (χ0v) is 11.8. The van der Waals surface area contributed by atoms with Crippen LogP contribution in [0.1, 0.15) is 27.3 Å². The number of phenols is 1. The number of anilines is 1. The number of carbonyl (C=O) groups excluding carboxylic acids is 1. The summed E-state index contributed by atoms with van der Waals surface area (Å²) in [5.41, 5.74) is 1.30. The number of nitrogens with one attached hydrogen (secondary N) is 1. The van der Waals surface area contributed by atoms with E-state index >= 15 is 0 Å². The van der Waals surface area contributed by atoms with Crippen molar-refractivity contribution < 1.29 is 14.6 Å². The minimum atomic E-state index is -0.363. The van der Waals surface area contributed by atoms with E-state index in [9.17, 15) is 9.90 Å². The standard InChI is InChI=1S/C14H14N2O3S/c1-19-8-5-6-9(11(17)7-8)13(18)16-14-15-10-3-2-4-12(10)20-14/h5-7,17H,2-4H2,1H3,(H,15,16,18). The van der Waals surface area contributed by atoms with Gasteiger partial charge in [-0.2, -0.15) is 0 Å². The molecule has 20 heavy (non-hydrogen) atoms. The third-order valence-corrected chi connectivity index (χ3v) is 4.34. The molecule has 0 saturated heterocycles. The maximum Gasteiger partial charge on any atom is 0.261 e.